The number of nitrogens with zero attached hydrogens (tertiary/aromatic N) is 4. The van der Waals surface area contributed by atoms with Crippen molar-refractivity contribution in [2.45, 2.75) is 38.6 Å². The first kappa shape index (κ1) is 15.5. The van der Waals surface area contributed by atoms with Gasteiger partial charge in [0, 0.05) is 38.0 Å². The number of likely N-dealkylation sites (tertiary alicyclic amines) is 1. The summed E-state index contributed by atoms with van der Waals surface area (Å²) >= 11 is 0. The van der Waals surface area contributed by atoms with Crippen molar-refractivity contribution in [2.75, 3.05) is 18.4 Å². The van der Waals surface area contributed by atoms with E-state index in [4.69, 9.17) is 4.52 Å². The topological polar surface area (TPSA) is 84.2 Å². The fraction of sp³-hybridized carbons (Fsp3) is 0.500. The van der Waals surface area contributed by atoms with Crippen molar-refractivity contribution in [3.63, 3.8) is 0 Å². The average Bonchev–Trinajstić information content (AvgIpc) is 3.21. The number of hydrogen-bond acceptors (Lipinski definition) is 6. The van der Waals surface area contributed by atoms with E-state index in [1.54, 1.807) is 18.5 Å². The lowest BCUT2D eigenvalue weighted by Crippen LogP contribution is -2.30. The minimum absolute atomic E-state index is 0.0605. The smallest absolute Gasteiger partial charge is 0.223 e. The third kappa shape index (κ3) is 3.85. The first-order chi connectivity index (χ1) is 11.2. The number of amides is 1. The van der Waals surface area contributed by atoms with Gasteiger partial charge in [0.05, 0.1) is 6.04 Å². The molecule has 1 saturated heterocycles. The minimum atomic E-state index is 0.0605. The summed E-state index contributed by atoms with van der Waals surface area (Å²) in [4.78, 5) is 22.6. The SMILES string of the molecule is Cc1cc(C2CCCN2C(=O)CCCNc2ncccn2)no1. The molecule has 1 N–H and O–H groups in total. The number of aryl methyl sites for hydroxylation is 1. The lowest BCUT2D eigenvalue weighted by Gasteiger charge is -2.23. The molecule has 0 spiro atoms. The van der Waals surface area contributed by atoms with Gasteiger partial charge in [0.2, 0.25) is 11.9 Å². The predicted octanol–water partition coefficient (Wildman–Crippen LogP) is 2.33. The number of carbonyl (C=O) groups is 1. The number of carbonyl (C=O) groups excluding carboxylic acids is 1. The predicted molar refractivity (Wildman–Crippen MR) is 84.7 cm³/mol. The minimum Gasteiger partial charge on any atom is -0.361 e. The number of nitrogens with one attached hydrogen (secondary N) is 1. The lowest BCUT2D eigenvalue weighted by atomic mass is 10.1. The Labute approximate surface area is 135 Å². The quantitative estimate of drug-likeness (QED) is 0.824. The molecule has 1 amide bonds. The zero-order chi connectivity index (χ0) is 16.1. The average molecular weight is 315 g/mol. The van der Waals surface area contributed by atoms with Crippen LogP contribution in [-0.2, 0) is 4.79 Å². The van der Waals surface area contributed by atoms with Crippen LogP contribution in [0.2, 0.25) is 0 Å². The second kappa shape index (κ2) is 7.21. The van der Waals surface area contributed by atoms with Crippen molar-refractivity contribution in [3.8, 4) is 0 Å². The maximum atomic E-state index is 12.5. The Hall–Kier alpha value is -2.44. The molecule has 0 bridgehead atoms. The summed E-state index contributed by atoms with van der Waals surface area (Å²) in [6.07, 6.45) is 6.60. The molecule has 1 aliphatic rings. The summed E-state index contributed by atoms with van der Waals surface area (Å²) in [5, 5.41) is 7.19. The molecule has 1 fully saturated rings. The van der Waals surface area contributed by atoms with Crippen molar-refractivity contribution in [1.29, 1.82) is 0 Å². The Kier molecular flexibility index (Phi) is 4.85. The van der Waals surface area contributed by atoms with Crippen LogP contribution in [0, 0.1) is 6.92 Å². The maximum absolute atomic E-state index is 12.5. The summed E-state index contributed by atoms with van der Waals surface area (Å²) in [5.41, 5.74) is 0.865. The van der Waals surface area contributed by atoms with E-state index in [9.17, 15) is 4.79 Å². The van der Waals surface area contributed by atoms with Crippen molar-refractivity contribution >= 4 is 11.9 Å². The van der Waals surface area contributed by atoms with Gasteiger partial charge in [-0.1, -0.05) is 5.16 Å². The third-order valence-corrected chi connectivity index (χ3v) is 3.98. The van der Waals surface area contributed by atoms with Crippen LogP contribution in [-0.4, -0.2) is 39.0 Å². The first-order valence-electron chi connectivity index (χ1n) is 7.97. The van der Waals surface area contributed by atoms with E-state index < -0.39 is 0 Å². The molecule has 1 unspecified atom stereocenters. The summed E-state index contributed by atoms with van der Waals surface area (Å²) in [6, 6.07) is 3.75. The molecule has 7 nitrogen and oxygen atoms in total. The van der Waals surface area contributed by atoms with Gasteiger partial charge in [-0.25, -0.2) is 9.97 Å². The van der Waals surface area contributed by atoms with Crippen LogP contribution in [0.1, 0.15) is 43.2 Å². The van der Waals surface area contributed by atoms with Crippen LogP contribution in [0.4, 0.5) is 5.95 Å². The summed E-state index contributed by atoms with van der Waals surface area (Å²) < 4.78 is 5.14. The van der Waals surface area contributed by atoms with Crippen molar-refractivity contribution in [2.24, 2.45) is 0 Å². The Balaban J connectivity index is 1.47. The first-order valence-corrected chi connectivity index (χ1v) is 7.97. The molecule has 3 rings (SSSR count). The van der Waals surface area contributed by atoms with E-state index in [-0.39, 0.29) is 11.9 Å². The van der Waals surface area contributed by atoms with Crippen LogP contribution in [0.3, 0.4) is 0 Å². The fourth-order valence-corrected chi connectivity index (χ4v) is 2.89. The van der Waals surface area contributed by atoms with E-state index in [2.05, 4.69) is 20.4 Å². The number of anilines is 1. The van der Waals surface area contributed by atoms with Gasteiger partial charge in [0.25, 0.3) is 0 Å². The molecule has 0 aliphatic carbocycles. The van der Waals surface area contributed by atoms with Gasteiger partial charge in [0.1, 0.15) is 11.5 Å². The molecule has 23 heavy (non-hydrogen) atoms. The van der Waals surface area contributed by atoms with Crippen LogP contribution in [0.5, 0.6) is 0 Å². The number of aromatic nitrogens is 3. The van der Waals surface area contributed by atoms with Gasteiger partial charge in [-0.2, -0.15) is 0 Å². The van der Waals surface area contributed by atoms with E-state index >= 15 is 0 Å². The second-order valence-corrected chi connectivity index (χ2v) is 5.71. The van der Waals surface area contributed by atoms with E-state index in [0.29, 0.717) is 18.9 Å². The second-order valence-electron chi connectivity index (χ2n) is 5.71. The standard InChI is InChI=1S/C16H21N5O2/c1-12-11-13(20-23-12)14-5-3-10-21(14)15(22)6-2-7-17-16-18-8-4-9-19-16/h4,8-9,11,14H,2-3,5-7,10H2,1H3,(H,17,18,19). The summed E-state index contributed by atoms with van der Waals surface area (Å²) in [7, 11) is 0. The highest BCUT2D eigenvalue weighted by molar-refractivity contribution is 5.77. The maximum Gasteiger partial charge on any atom is 0.223 e. The Morgan fingerprint density at radius 3 is 3.00 bits per heavy atom. The summed E-state index contributed by atoms with van der Waals surface area (Å²) in [5.74, 6) is 1.55. The van der Waals surface area contributed by atoms with Gasteiger partial charge < -0.3 is 14.7 Å². The zero-order valence-corrected chi connectivity index (χ0v) is 13.2. The molecule has 122 valence electrons. The molecular weight excluding hydrogens is 294 g/mol. The molecular formula is C16H21N5O2. The molecule has 0 radical (unpaired) electrons. The van der Waals surface area contributed by atoms with Crippen LogP contribution in [0.25, 0.3) is 0 Å². The Morgan fingerprint density at radius 1 is 1.43 bits per heavy atom. The number of rotatable bonds is 6. The number of hydrogen-bond donors (Lipinski definition) is 1. The third-order valence-electron chi connectivity index (χ3n) is 3.98. The molecule has 7 heteroatoms. The molecule has 0 aromatic carbocycles. The van der Waals surface area contributed by atoms with Crippen LogP contribution < -0.4 is 5.32 Å². The normalized spacial score (nSPS) is 17.4. The molecule has 2 aromatic heterocycles. The summed E-state index contributed by atoms with van der Waals surface area (Å²) in [6.45, 7) is 3.34. The molecule has 2 aromatic rings. The highest BCUT2D eigenvalue weighted by atomic mass is 16.5. The van der Waals surface area contributed by atoms with Crippen LogP contribution in [0.15, 0.2) is 29.0 Å². The lowest BCUT2D eigenvalue weighted by molar-refractivity contribution is -0.132. The van der Waals surface area contributed by atoms with Crippen molar-refractivity contribution in [1.82, 2.24) is 20.0 Å². The zero-order valence-electron chi connectivity index (χ0n) is 13.2. The van der Waals surface area contributed by atoms with E-state index in [1.165, 1.54) is 0 Å². The van der Waals surface area contributed by atoms with Crippen molar-refractivity contribution in [3.05, 3.63) is 36.0 Å². The van der Waals surface area contributed by atoms with Gasteiger partial charge in [-0.15, -0.1) is 0 Å². The highest BCUT2D eigenvalue weighted by Gasteiger charge is 2.31. The van der Waals surface area contributed by atoms with Gasteiger partial charge in [0.15, 0.2) is 0 Å². The molecule has 1 atom stereocenters. The highest BCUT2D eigenvalue weighted by Crippen LogP contribution is 2.32. The van der Waals surface area contributed by atoms with Gasteiger partial charge in [-0.05, 0) is 32.3 Å². The van der Waals surface area contributed by atoms with Gasteiger partial charge in [-0.3, -0.25) is 4.79 Å². The fourth-order valence-electron chi connectivity index (χ4n) is 2.89. The monoisotopic (exact) mass is 315 g/mol. The van der Waals surface area contributed by atoms with Crippen molar-refractivity contribution < 1.29 is 9.32 Å². The van der Waals surface area contributed by atoms with E-state index in [1.807, 2.05) is 17.9 Å². The molecule has 3 heterocycles. The molecule has 0 saturated carbocycles. The van der Waals surface area contributed by atoms with Gasteiger partial charge >= 0.3 is 0 Å². The van der Waals surface area contributed by atoms with E-state index in [0.717, 1.165) is 37.3 Å². The largest absolute Gasteiger partial charge is 0.361 e. The Bertz CT molecular complexity index is 643. The van der Waals surface area contributed by atoms with Crippen LogP contribution >= 0.6 is 0 Å². The Morgan fingerprint density at radius 2 is 2.26 bits per heavy atom. The molecule has 1 aliphatic heterocycles.